The van der Waals surface area contributed by atoms with E-state index in [0.717, 1.165) is 12.0 Å². The number of ether oxygens (including phenoxy) is 1. The molecule has 70 valence electrons. The number of hydrogen-bond donors (Lipinski definition) is 0. The Labute approximate surface area is 84.7 Å². The molecule has 0 saturated heterocycles. The summed E-state index contributed by atoms with van der Waals surface area (Å²) in [6.07, 6.45) is 0.989. The highest BCUT2D eigenvalue weighted by Gasteiger charge is 2.05. The molecule has 1 nitrogen and oxygen atoms in total. The molecule has 0 aromatic heterocycles. The Morgan fingerprint density at radius 1 is 1.31 bits per heavy atom. The Bertz CT molecular complexity index is 294. The van der Waals surface area contributed by atoms with Gasteiger partial charge in [0.1, 0.15) is 0 Å². The van der Waals surface area contributed by atoms with Crippen molar-refractivity contribution in [1.82, 2.24) is 0 Å². The third-order valence-electron chi connectivity index (χ3n) is 1.89. The average Bonchev–Trinajstić information content (AvgIpc) is 2.18. The number of rotatable bonds is 3. The minimum Gasteiger partial charge on any atom is -0.483 e. The van der Waals surface area contributed by atoms with Crippen molar-refractivity contribution in [3.63, 3.8) is 0 Å². The quantitative estimate of drug-likeness (QED) is 0.684. The summed E-state index contributed by atoms with van der Waals surface area (Å²) in [5.41, 5.74) is 2.31. The van der Waals surface area contributed by atoms with E-state index < -0.39 is 0 Å². The highest BCUT2D eigenvalue weighted by Crippen LogP contribution is 2.11. The van der Waals surface area contributed by atoms with Gasteiger partial charge in [-0.25, -0.2) is 0 Å². The van der Waals surface area contributed by atoms with Crippen molar-refractivity contribution in [2.45, 2.75) is 20.3 Å². The van der Waals surface area contributed by atoms with Crippen LogP contribution in [0.3, 0.4) is 0 Å². The maximum atomic E-state index is 5.30. The minimum atomic E-state index is 0.611. The molecule has 0 bridgehead atoms. The summed E-state index contributed by atoms with van der Waals surface area (Å²) in [4.78, 5) is 0. The first kappa shape index (κ1) is 10.2. The standard InChI is InChI=1S/C11H14OS/c1-3-9-7-5-6-8-10(9)11(13)12-4-2/h5-8H,3-4H2,1-2H3. The van der Waals surface area contributed by atoms with Gasteiger partial charge in [-0.2, -0.15) is 0 Å². The number of hydrogen-bond acceptors (Lipinski definition) is 2. The molecule has 1 aromatic rings. The van der Waals surface area contributed by atoms with Crippen LogP contribution in [-0.2, 0) is 11.2 Å². The second-order valence-electron chi connectivity index (χ2n) is 2.73. The average molecular weight is 194 g/mol. The summed E-state index contributed by atoms with van der Waals surface area (Å²) in [6.45, 7) is 4.70. The molecule has 0 spiro atoms. The van der Waals surface area contributed by atoms with E-state index in [1.807, 2.05) is 25.1 Å². The largest absolute Gasteiger partial charge is 0.483 e. The second kappa shape index (κ2) is 4.97. The van der Waals surface area contributed by atoms with E-state index in [0.29, 0.717) is 11.7 Å². The number of benzene rings is 1. The van der Waals surface area contributed by atoms with E-state index in [1.54, 1.807) is 0 Å². The van der Waals surface area contributed by atoms with Gasteiger partial charge in [0.15, 0.2) is 5.05 Å². The first-order valence-electron chi connectivity index (χ1n) is 4.54. The summed E-state index contributed by atoms with van der Waals surface area (Å²) in [5, 5.41) is 0.611. The van der Waals surface area contributed by atoms with Gasteiger partial charge in [0.2, 0.25) is 0 Å². The van der Waals surface area contributed by atoms with Crippen LogP contribution in [0.4, 0.5) is 0 Å². The van der Waals surface area contributed by atoms with Crippen molar-refractivity contribution in [1.29, 1.82) is 0 Å². The molecule has 2 heteroatoms. The smallest absolute Gasteiger partial charge is 0.191 e. The fourth-order valence-electron chi connectivity index (χ4n) is 1.24. The maximum absolute atomic E-state index is 5.30. The Balaban J connectivity index is 2.92. The lowest BCUT2D eigenvalue weighted by Crippen LogP contribution is -2.06. The van der Waals surface area contributed by atoms with E-state index in [-0.39, 0.29) is 0 Å². The van der Waals surface area contributed by atoms with Gasteiger partial charge < -0.3 is 4.74 Å². The number of thiocarbonyl (C=S) groups is 1. The van der Waals surface area contributed by atoms with Crippen molar-refractivity contribution in [3.8, 4) is 0 Å². The lowest BCUT2D eigenvalue weighted by atomic mass is 10.1. The molecule has 1 aromatic carbocycles. The molecule has 13 heavy (non-hydrogen) atoms. The zero-order chi connectivity index (χ0) is 9.68. The molecule has 0 radical (unpaired) electrons. The van der Waals surface area contributed by atoms with Crippen molar-refractivity contribution < 1.29 is 4.74 Å². The Kier molecular flexibility index (Phi) is 3.90. The van der Waals surface area contributed by atoms with E-state index >= 15 is 0 Å². The monoisotopic (exact) mass is 194 g/mol. The molecule has 0 fully saturated rings. The summed E-state index contributed by atoms with van der Waals surface area (Å²) in [7, 11) is 0. The van der Waals surface area contributed by atoms with Crippen molar-refractivity contribution in [2.75, 3.05) is 6.61 Å². The SMILES string of the molecule is CCOC(=S)c1ccccc1CC. The summed E-state index contributed by atoms with van der Waals surface area (Å²) < 4.78 is 5.30. The molecule has 0 amide bonds. The topological polar surface area (TPSA) is 9.23 Å². The fourth-order valence-corrected chi connectivity index (χ4v) is 1.55. The number of aryl methyl sites for hydroxylation is 1. The van der Waals surface area contributed by atoms with Crippen molar-refractivity contribution in [2.24, 2.45) is 0 Å². The van der Waals surface area contributed by atoms with Crippen LogP contribution < -0.4 is 0 Å². The first-order chi connectivity index (χ1) is 6.29. The zero-order valence-corrected chi connectivity index (χ0v) is 8.86. The molecule has 0 unspecified atom stereocenters. The lowest BCUT2D eigenvalue weighted by molar-refractivity contribution is 0.337. The molecular formula is C11H14OS. The molecular weight excluding hydrogens is 180 g/mol. The van der Waals surface area contributed by atoms with Gasteiger partial charge in [-0.05, 0) is 31.1 Å². The summed E-state index contributed by atoms with van der Waals surface area (Å²) >= 11 is 5.15. The Hall–Kier alpha value is -0.890. The Morgan fingerprint density at radius 3 is 2.62 bits per heavy atom. The van der Waals surface area contributed by atoms with Crippen LogP contribution in [0.2, 0.25) is 0 Å². The predicted molar refractivity (Wildman–Crippen MR) is 59.1 cm³/mol. The van der Waals surface area contributed by atoms with E-state index in [2.05, 4.69) is 13.0 Å². The van der Waals surface area contributed by atoms with Gasteiger partial charge in [-0.3, -0.25) is 0 Å². The van der Waals surface area contributed by atoms with Crippen molar-refractivity contribution in [3.05, 3.63) is 35.4 Å². The first-order valence-corrected chi connectivity index (χ1v) is 4.95. The highest BCUT2D eigenvalue weighted by atomic mass is 32.1. The van der Waals surface area contributed by atoms with Gasteiger partial charge in [-0.1, -0.05) is 31.2 Å². The van der Waals surface area contributed by atoms with E-state index in [1.165, 1.54) is 5.56 Å². The molecule has 0 saturated carbocycles. The van der Waals surface area contributed by atoms with Crippen LogP contribution in [0.25, 0.3) is 0 Å². The van der Waals surface area contributed by atoms with Crippen LogP contribution in [0.1, 0.15) is 25.0 Å². The molecule has 0 atom stereocenters. The second-order valence-corrected chi connectivity index (χ2v) is 3.10. The Morgan fingerprint density at radius 2 is 2.00 bits per heavy atom. The molecule has 0 aliphatic rings. The van der Waals surface area contributed by atoms with Gasteiger partial charge in [-0.15, -0.1) is 0 Å². The lowest BCUT2D eigenvalue weighted by Gasteiger charge is -2.08. The van der Waals surface area contributed by atoms with Crippen molar-refractivity contribution >= 4 is 17.3 Å². The third-order valence-corrected chi connectivity index (χ3v) is 2.23. The van der Waals surface area contributed by atoms with Gasteiger partial charge in [0.25, 0.3) is 0 Å². The third kappa shape index (κ3) is 2.52. The van der Waals surface area contributed by atoms with Gasteiger partial charge >= 0.3 is 0 Å². The van der Waals surface area contributed by atoms with Gasteiger partial charge in [0, 0.05) is 5.56 Å². The molecule has 0 aliphatic heterocycles. The van der Waals surface area contributed by atoms with Crippen LogP contribution >= 0.6 is 12.2 Å². The molecule has 0 heterocycles. The maximum Gasteiger partial charge on any atom is 0.191 e. The summed E-state index contributed by atoms with van der Waals surface area (Å²) in [6, 6.07) is 8.11. The van der Waals surface area contributed by atoms with Gasteiger partial charge in [0.05, 0.1) is 6.61 Å². The van der Waals surface area contributed by atoms with Crippen LogP contribution in [0, 0.1) is 0 Å². The molecule has 1 rings (SSSR count). The fraction of sp³-hybridized carbons (Fsp3) is 0.364. The predicted octanol–water partition coefficient (Wildman–Crippen LogP) is 2.96. The summed E-state index contributed by atoms with van der Waals surface area (Å²) in [5.74, 6) is 0. The molecule has 0 aliphatic carbocycles. The zero-order valence-electron chi connectivity index (χ0n) is 8.04. The molecule has 0 N–H and O–H groups in total. The van der Waals surface area contributed by atoms with Crippen LogP contribution in [-0.4, -0.2) is 11.7 Å². The van der Waals surface area contributed by atoms with Crippen LogP contribution in [0.15, 0.2) is 24.3 Å². The van der Waals surface area contributed by atoms with Crippen LogP contribution in [0.5, 0.6) is 0 Å². The highest BCUT2D eigenvalue weighted by molar-refractivity contribution is 7.80. The normalized spacial score (nSPS) is 9.69. The van der Waals surface area contributed by atoms with E-state index in [9.17, 15) is 0 Å². The van der Waals surface area contributed by atoms with E-state index in [4.69, 9.17) is 17.0 Å². The minimum absolute atomic E-state index is 0.611.